The normalized spacial score (nSPS) is 19.5. The molecule has 0 fully saturated rings. The van der Waals surface area contributed by atoms with Gasteiger partial charge in [0.05, 0.1) is 5.41 Å². The average molecular weight is 253 g/mol. The molecule has 9 heteroatoms. The maximum Gasteiger partial charge on any atom is 0.355 e. The first-order valence-electron chi connectivity index (χ1n) is 3.57. The lowest BCUT2D eigenvalue weighted by molar-refractivity contribution is -0.132. The fourth-order valence-corrected chi connectivity index (χ4v) is 3.50. The number of hydrogen-bond acceptors (Lipinski definition) is 6. The highest BCUT2D eigenvalue weighted by Crippen LogP contribution is 2.15. The second kappa shape index (κ2) is 3.42. The van der Waals surface area contributed by atoms with Gasteiger partial charge in [0.25, 0.3) is 0 Å². The molecule has 1 N–H and O–H groups in total. The van der Waals surface area contributed by atoms with Crippen molar-refractivity contribution < 1.29 is 26.7 Å². The van der Waals surface area contributed by atoms with Crippen molar-refractivity contribution in [3.05, 3.63) is 11.1 Å². The molecular weight excluding hydrogens is 246 g/mol. The first-order chi connectivity index (χ1) is 6.62. The van der Waals surface area contributed by atoms with Gasteiger partial charge in [-0.1, -0.05) is 0 Å². The van der Waals surface area contributed by atoms with Crippen LogP contribution in [0.25, 0.3) is 0 Å². The summed E-state index contributed by atoms with van der Waals surface area (Å²) in [5, 5.41) is 8.26. The summed E-state index contributed by atoms with van der Waals surface area (Å²) < 4.78 is 44.1. The summed E-state index contributed by atoms with van der Waals surface area (Å²) in [5.41, 5.74) is -0.673. The van der Waals surface area contributed by atoms with Crippen molar-refractivity contribution in [2.45, 2.75) is 0 Å². The molecule has 7 nitrogen and oxygen atoms in total. The summed E-state index contributed by atoms with van der Waals surface area (Å²) in [7, 11) is -7.55. The summed E-state index contributed by atoms with van der Waals surface area (Å²) in [4.78, 5) is 13.6. The van der Waals surface area contributed by atoms with E-state index in [0.717, 1.165) is 6.26 Å². The Morgan fingerprint density at radius 3 is 2.40 bits per heavy atom. The Labute approximate surface area is 86.0 Å². The molecule has 0 aromatic rings. The zero-order valence-electron chi connectivity index (χ0n) is 7.54. The van der Waals surface area contributed by atoms with E-state index in [-0.39, 0.29) is 0 Å². The van der Waals surface area contributed by atoms with E-state index >= 15 is 0 Å². The predicted octanol–water partition coefficient (Wildman–Crippen LogP) is -1.22. The van der Waals surface area contributed by atoms with Crippen LogP contribution in [-0.2, 0) is 24.5 Å². The van der Waals surface area contributed by atoms with E-state index in [1.165, 1.54) is 0 Å². The molecule has 0 aromatic heterocycles. The number of nitrogens with zero attached hydrogens (tertiary/aromatic N) is 1. The molecule has 0 atom stereocenters. The van der Waals surface area contributed by atoms with Crippen LogP contribution in [0.3, 0.4) is 0 Å². The van der Waals surface area contributed by atoms with Crippen molar-refractivity contribution in [2.24, 2.45) is 4.99 Å². The molecule has 15 heavy (non-hydrogen) atoms. The third kappa shape index (κ3) is 2.86. The summed E-state index contributed by atoms with van der Waals surface area (Å²) >= 11 is 0. The fraction of sp³-hybridized carbons (Fsp3) is 0.333. The smallest absolute Gasteiger partial charge is 0.355 e. The molecule has 0 bridgehead atoms. The van der Waals surface area contributed by atoms with E-state index in [9.17, 15) is 21.6 Å². The van der Waals surface area contributed by atoms with Gasteiger partial charge >= 0.3 is 5.97 Å². The van der Waals surface area contributed by atoms with Gasteiger partial charge in [0.1, 0.15) is 5.75 Å². The Balaban J connectivity index is 3.16. The van der Waals surface area contributed by atoms with Gasteiger partial charge in [-0.15, -0.1) is 0 Å². The molecule has 1 aliphatic heterocycles. The van der Waals surface area contributed by atoms with Crippen LogP contribution in [0.15, 0.2) is 16.1 Å². The van der Waals surface area contributed by atoms with Crippen LogP contribution in [0, 0.1) is 0 Å². The standard InChI is InChI=1S/C6H7NO6S2/c1-14(10,11)3-5-7-4(6(8)9)2-15(5,12)13/h2H,3H2,1H3,(H,8,9). The van der Waals surface area contributed by atoms with Crippen LogP contribution in [0.4, 0.5) is 0 Å². The van der Waals surface area contributed by atoms with Crippen molar-refractivity contribution in [3.63, 3.8) is 0 Å². The van der Waals surface area contributed by atoms with Crippen molar-refractivity contribution in [2.75, 3.05) is 12.0 Å². The van der Waals surface area contributed by atoms with Crippen LogP contribution < -0.4 is 0 Å². The Bertz CT molecular complexity index is 565. The Morgan fingerprint density at radius 2 is 2.07 bits per heavy atom. The molecule has 0 saturated heterocycles. The van der Waals surface area contributed by atoms with E-state index in [1.54, 1.807) is 0 Å². The molecule has 0 spiro atoms. The minimum atomic E-state index is -3.99. The summed E-state index contributed by atoms with van der Waals surface area (Å²) in [6.07, 6.45) is 0.837. The van der Waals surface area contributed by atoms with Gasteiger partial charge in [-0.2, -0.15) is 0 Å². The van der Waals surface area contributed by atoms with Crippen molar-refractivity contribution >= 4 is 30.7 Å². The number of aliphatic imine (C=N–C) groups is 1. The lowest BCUT2D eigenvalue weighted by Gasteiger charge is -1.96. The number of rotatable bonds is 3. The Kier molecular flexibility index (Phi) is 2.70. The maximum atomic E-state index is 11.2. The lowest BCUT2D eigenvalue weighted by Crippen LogP contribution is -2.19. The van der Waals surface area contributed by atoms with Gasteiger partial charge < -0.3 is 5.11 Å². The van der Waals surface area contributed by atoms with Gasteiger partial charge in [0, 0.05) is 6.26 Å². The summed E-state index contributed by atoms with van der Waals surface area (Å²) in [6, 6.07) is 0. The minimum Gasteiger partial charge on any atom is -0.476 e. The zero-order valence-corrected chi connectivity index (χ0v) is 9.17. The van der Waals surface area contributed by atoms with Crippen molar-refractivity contribution in [3.8, 4) is 0 Å². The number of carboxylic acids is 1. The van der Waals surface area contributed by atoms with Gasteiger partial charge in [-0.05, 0) is 0 Å². The van der Waals surface area contributed by atoms with Crippen molar-refractivity contribution in [1.29, 1.82) is 0 Å². The molecule has 0 aromatic carbocycles. The SMILES string of the molecule is CS(=O)(=O)CC1=NC(C(=O)O)=CS1(=O)=O. The highest BCUT2D eigenvalue weighted by molar-refractivity contribution is 8.11. The van der Waals surface area contributed by atoms with Crippen LogP contribution in [0.1, 0.15) is 0 Å². The van der Waals surface area contributed by atoms with E-state index in [0.29, 0.717) is 5.41 Å². The number of carboxylic acid groups (broad SMARTS) is 1. The van der Waals surface area contributed by atoms with E-state index < -0.39 is 42.1 Å². The van der Waals surface area contributed by atoms with Crippen LogP contribution in [0.5, 0.6) is 0 Å². The maximum absolute atomic E-state index is 11.2. The Hall–Kier alpha value is -1.22. The zero-order chi connectivity index (χ0) is 11.9. The molecule has 84 valence electrons. The average Bonchev–Trinajstić information content (AvgIpc) is 2.24. The van der Waals surface area contributed by atoms with Crippen LogP contribution in [0.2, 0.25) is 0 Å². The molecular formula is C6H7NO6S2. The molecule has 0 amide bonds. The first kappa shape index (κ1) is 11.9. The minimum absolute atomic E-state index is 0.440. The highest BCUT2D eigenvalue weighted by atomic mass is 32.2. The molecule has 1 rings (SSSR count). The predicted molar refractivity (Wildman–Crippen MR) is 51.8 cm³/mol. The lowest BCUT2D eigenvalue weighted by atomic mass is 10.5. The molecule has 0 unspecified atom stereocenters. The Morgan fingerprint density at radius 1 is 1.53 bits per heavy atom. The second-order valence-corrected chi connectivity index (χ2v) is 6.87. The first-order valence-corrected chi connectivity index (χ1v) is 7.18. The van der Waals surface area contributed by atoms with Crippen LogP contribution >= 0.6 is 0 Å². The monoisotopic (exact) mass is 253 g/mol. The molecule has 0 saturated carbocycles. The van der Waals surface area contributed by atoms with Gasteiger partial charge in [-0.3, -0.25) is 0 Å². The largest absolute Gasteiger partial charge is 0.476 e. The number of sulfone groups is 2. The molecule has 0 radical (unpaired) electrons. The van der Waals surface area contributed by atoms with E-state index in [4.69, 9.17) is 5.11 Å². The number of carbonyl (C=O) groups is 1. The quantitative estimate of drug-likeness (QED) is 0.673. The second-order valence-electron chi connectivity index (χ2n) is 2.93. The molecule has 1 heterocycles. The fourth-order valence-electron chi connectivity index (χ4n) is 0.876. The summed E-state index contributed by atoms with van der Waals surface area (Å²) in [6.45, 7) is 0. The number of hydrogen-bond donors (Lipinski definition) is 1. The van der Waals surface area contributed by atoms with Gasteiger partial charge in [0.15, 0.2) is 20.6 Å². The highest BCUT2D eigenvalue weighted by Gasteiger charge is 2.30. The molecule has 1 aliphatic rings. The van der Waals surface area contributed by atoms with E-state index in [1.807, 2.05) is 0 Å². The molecule has 0 aliphatic carbocycles. The van der Waals surface area contributed by atoms with Gasteiger partial charge in [0.2, 0.25) is 9.84 Å². The topological polar surface area (TPSA) is 118 Å². The third-order valence-electron chi connectivity index (χ3n) is 1.45. The number of aliphatic carboxylic acids is 1. The van der Waals surface area contributed by atoms with E-state index in [2.05, 4.69) is 4.99 Å². The summed E-state index contributed by atoms with van der Waals surface area (Å²) in [5.74, 6) is -2.30. The van der Waals surface area contributed by atoms with Crippen LogP contribution in [-0.4, -0.2) is 45.0 Å². The van der Waals surface area contributed by atoms with Gasteiger partial charge in [-0.25, -0.2) is 26.6 Å². The third-order valence-corrected chi connectivity index (χ3v) is 3.85. The van der Waals surface area contributed by atoms with Crippen molar-refractivity contribution in [1.82, 2.24) is 0 Å².